The molecule has 3 rings (SSSR count). The van der Waals surface area contributed by atoms with Crippen LogP contribution in [0.1, 0.15) is 47.9 Å². The van der Waals surface area contributed by atoms with Crippen LogP contribution in [-0.4, -0.2) is 24.7 Å². The van der Waals surface area contributed by atoms with Crippen molar-refractivity contribution < 1.29 is 5.11 Å². The van der Waals surface area contributed by atoms with E-state index in [-0.39, 0.29) is 24.0 Å². The van der Waals surface area contributed by atoms with Gasteiger partial charge in [0.1, 0.15) is 5.75 Å². The first kappa shape index (κ1) is 21.0. The number of aryl methyl sites for hydroxylation is 1. The first-order valence-corrected chi connectivity index (χ1v) is 9.92. The molecule has 0 radical (unpaired) electrons. The summed E-state index contributed by atoms with van der Waals surface area (Å²) in [5.41, 5.74) is 5.07. The predicted molar refractivity (Wildman–Crippen MR) is 121 cm³/mol. The van der Waals surface area contributed by atoms with Gasteiger partial charge in [-0.2, -0.15) is 11.3 Å². The highest BCUT2D eigenvalue weighted by Crippen LogP contribution is 2.30. The van der Waals surface area contributed by atoms with Gasteiger partial charge in [-0.25, -0.2) is 0 Å². The lowest BCUT2D eigenvalue weighted by Gasteiger charge is -2.21. The van der Waals surface area contributed by atoms with Gasteiger partial charge in [0.2, 0.25) is 0 Å². The topological polar surface area (TPSA) is 56.7 Å². The smallest absolute Gasteiger partial charge is 0.191 e. The average molecular weight is 485 g/mol. The van der Waals surface area contributed by atoms with Crippen molar-refractivity contribution in [3.63, 3.8) is 0 Å². The molecule has 0 aliphatic heterocycles. The van der Waals surface area contributed by atoms with E-state index in [0.717, 1.165) is 30.9 Å². The number of nitrogens with one attached hydrogen (secondary N) is 2. The number of phenolic OH excluding ortho intramolecular Hbond substituents is 1. The summed E-state index contributed by atoms with van der Waals surface area (Å²) in [7, 11) is 1.78. The van der Waals surface area contributed by atoms with Gasteiger partial charge in [0, 0.05) is 25.7 Å². The third-order valence-electron chi connectivity index (χ3n) is 4.97. The molecule has 0 fully saturated rings. The fraction of sp³-hybridized carbons (Fsp3) is 0.450. The summed E-state index contributed by atoms with van der Waals surface area (Å²) in [4.78, 5) is 4.31. The van der Waals surface area contributed by atoms with E-state index in [1.807, 2.05) is 6.07 Å². The number of aromatic hydroxyl groups is 1. The molecule has 1 atom stereocenters. The number of halogens is 1. The summed E-state index contributed by atoms with van der Waals surface area (Å²) in [6.45, 7) is 3.64. The molecule has 2 aromatic rings. The van der Waals surface area contributed by atoms with Crippen LogP contribution >= 0.6 is 35.3 Å². The van der Waals surface area contributed by atoms with Crippen LogP contribution in [0.15, 0.2) is 34.0 Å². The van der Waals surface area contributed by atoms with Crippen molar-refractivity contribution in [2.75, 3.05) is 13.6 Å². The second-order valence-corrected chi connectivity index (χ2v) is 7.45. The minimum absolute atomic E-state index is 0. The zero-order valence-corrected chi connectivity index (χ0v) is 18.6. The molecule has 1 aromatic heterocycles. The Morgan fingerprint density at radius 1 is 1.23 bits per heavy atom. The molecule has 0 saturated carbocycles. The molecule has 1 heterocycles. The Bertz CT molecular complexity index is 731. The lowest BCUT2D eigenvalue weighted by atomic mass is 9.88. The number of hydrogen-bond donors (Lipinski definition) is 3. The second kappa shape index (κ2) is 10.2. The van der Waals surface area contributed by atoms with E-state index in [0.29, 0.717) is 18.2 Å². The highest BCUT2D eigenvalue weighted by molar-refractivity contribution is 14.0. The van der Waals surface area contributed by atoms with Crippen molar-refractivity contribution >= 4 is 41.3 Å². The molecule has 1 aliphatic carbocycles. The Morgan fingerprint density at radius 2 is 2.04 bits per heavy atom. The minimum atomic E-state index is 0. The molecule has 1 unspecified atom stereocenters. The quantitative estimate of drug-likeness (QED) is 0.334. The standard InChI is InChI=1S/C20H27N3OS.HI/c1-14(16-9-10-25-13-16)11-22-20(21-2)23-12-18-17-6-4-3-5-15(17)7-8-19(18)24;/h7-10,13-14,24H,3-6,11-12H2,1-2H3,(H2,21,22,23);1H. The van der Waals surface area contributed by atoms with E-state index in [2.05, 4.69) is 45.4 Å². The van der Waals surface area contributed by atoms with Gasteiger partial charge in [0.15, 0.2) is 5.96 Å². The van der Waals surface area contributed by atoms with E-state index in [4.69, 9.17) is 0 Å². The molecule has 4 nitrogen and oxygen atoms in total. The maximum atomic E-state index is 10.3. The fourth-order valence-corrected chi connectivity index (χ4v) is 4.19. The highest BCUT2D eigenvalue weighted by atomic mass is 127. The Morgan fingerprint density at radius 3 is 2.77 bits per heavy atom. The summed E-state index contributed by atoms with van der Waals surface area (Å²) in [6.07, 6.45) is 4.62. The summed E-state index contributed by atoms with van der Waals surface area (Å²) < 4.78 is 0. The lowest BCUT2D eigenvalue weighted by Crippen LogP contribution is -2.38. The summed E-state index contributed by atoms with van der Waals surface area (Å²) in [5, 5.41) is 21.3. The minimum Gasteiger partial charge on any atom is -0.508 e. The van der Waals surface area contributed by atoms with Gasteiger partial charge >= 0.3 is 0 Å². The van der Waals surface area contributed by atoms with Gasteiger partial charge in [0.25, 0.3) is 0 Å². The lowest BCUT2D eigenvalue weighted by molar-refractivity contribution is 0.464. The maximum absolute atomic E-state index is 10.3. The van der Waals surface area contributed by atoms with Gasteiger partial charge in [-0.1, -0.05) is 13.0 Å². The van der Waals surface area contributed by atoms with Crippen LogP contribution in [0.3, 0.4) is 0 Å². The van der Waals surface area contributed by atoms with Crippen molar-refractivity contribution in [1.82, 2.24) is 10.6 Å². The molecule has 0 amide bonds. The van der Waals surface area contributed by atoms with Crippen molar-refractivity contribution in [2.45, 2.75) is 45.1 Å². The average Bonchev–Trinajstić information content (AvgIpc) is 3.18. The number of nitrogens with zero attached hydrogens (tertiary/aromatic N) is 1. The van der Waals surface area contributed by atoms with Gasteiger partial charge in [-0.15, -0.1) is 24.0 Å². The predicted octanol–water partition coefficient (Wildman–Crippen LogP) is 4.42. The van der Waals surface area contributed by atoms with Gasteiger partial charge in [0.05, 0.1) is 0 Å². The molecule has 0 saturated heterocycles. The Kier molecular flexibility index (Phi) is 8.21. The molecule has 1 aromatic carbocycles. The highest BCUT2D eigenvalue weighted by Gasteiger charge is 2.16. The zero-order chi connectivity index (χ0) is 17.6. The molecule has 0 spiro atoms. The van der Waals surface area contributed by atoms with E-state index in [1.165, 1.54) is 29.5 Å². The van der Waals surface area contributed by atoms with Crippen molar-refractivity contribution in [3.8, 4) is 5.75 Å². The number of phenols is 1. The third kappa shape index (κ3) is 5.13. The molecule has 0 bridgehead atoms. The maximum Gasteiger partial charge on any atom is 0.191 e. The fourth-order valence-electron chi connectivity index (χ4n) is 3.41. The van der Waals surface area contributed by atoms with Crippen LogP contribution in [0.25, 0.3) is 0 Å². The van der Waals surface area contributed by atoms with Crippen LogP contribution in [-0.2, 0) is 19.4 Å². The summed E-state index contributed by atoms with van der Waals surface area (Å²) in [5.74, 6) is 1.59. The van der Waals surface area contributed by atoms with Crippen LogP contribution in [0, 0.1) is 0 Å². The molecular weight excluding hydrogens is 457 g/mol. The van der Waals surface area contributed by atoms with Crippen LogP contribution < -0.4 is 10.6 Å². The van der Waals surface area contributed by atoms with Crippen molar-refractivity contribution in [3.05, 3.63) is 51.2 Å². The number of hydrogen-bond acceptors (Lipinski definition) is 3. The zero-order valence-electron chi connectivity index (χ0n) is 15.4. The van der Waals surface area contributed by atoms with E-state index >= 15 is 0 Å². The first-order valence-electron chi connectivity index (χ1n) is 8.98. The van der Waals surface area contributed by atoms with Gasteiger partial charge in [-0.05, 0) is 71.2 Å². The Labute approximate surface area is 177 Å². The molecule has 3 N–H and O–H groups in total. The number of aliphatic imine (C=N–C) groups is 1. The first-order chi connectivity index (χ1) is 12.2. The number of fused-ring (bicyclic) bond motifs is 1. The van der Waals surface area contributed by atoms with E-state index in [1.54, 1.807) is 18.4 Å². The molecule has 6 heteroatoms. The number of benzene rings is 1. The van der Waals surface area contributed by atoms with Crippen molar-refractivity contribution in [2.24, 2.45) is 4.99 Å². The SMILES string of the molecule is CN=C(NCc1c(O)ccc2c1CCCC2)NCC(C)c1ccsc1.I. The second-order valence-electron chi connectivity index (χ2n) is 6.67. The molecular formula is C20H28IN3OS. The normalized spacial score (nSPS) is 14.9. The van der Waals surface area contributed by atoms with Gasteiger partial charge in [-0.3, -0.25) is 4.99 Å². The Balaban J connectivity index is 0.00000243. The molecule has 142 valence electrons. The van der Waals surface area contributed by atoms with E-state index in [9.17, 15) is 5.11 Å². The Hall–Kier alpha value is -1.28. The van der Waals surface area contributed by atoms with Crippen molar-refractivity contribution in [1.29, 1.82) is 0 Å². The van der Waals surface area contributed by atoms with Crippen LogP contribution in [0.5, 0.6) is 5.75 Å². The summed E-state index contributed by atoms with van der Waals surface area (Å²) >= 11 is 1.73. The van der Waals surface area contributed by atoms with Crippen LogP contribution in [0.4, 0.5) is 0 Å². The third-order valence-corrected chi connectivity index (χ3v) is 5.67. The van der Waals surface area contributed by atoms with E-state index < -0.39 is 0 Å². The number of guanidine groups is 1. The molecule has 1 aliphatic rings. The summed E-state index contributed by atoms with van der Waals surface area (Å²) in [6, 6.07) is 6.07. The number of rotatable bonds is 5. The number of thiophene rings is 1. The largest absolute Gasteiger partial charge is 0.508 e. The van der Waals surface area contributed by atoms with Gasteiger partial charge < -0.3 is 15.7 Å². The monoisotopic (exact) mass is 485 g/mol. The van der Waals surface area contributed by atoms with Crippen LogP contribution in [0.2, 0.25) is 0 Å². The molecule has 26 heavy (non-hydrogen) atoms.